The van der Waals surface area contributed by atoms with E-state index in [0.717, 1.165) is 10.2 Å². The number of nitrogens with zero attached hydrogens (tertiary/aromatic N) is 4. The van der Waals surface area contributed by atoms with Crippen LogP contribution in [0.4, 0.5) is 5.82 Å². The zero-order valence-corrected chi connectivity index (χ0v) is 13.3. The molecule has 0 aromatic carbocycles. The van der Waals surface area contributed by atoms with Crippen molar-refractivity contribution in [3.63, 3.8) is 0 Å². The Labute approximate surface area is 136 Å². The summed E-state index contributed by atoms with van der Waals surface area (Å²) < 4.78 is 1.00. The van der Waals surface area contributed by atoms with Crippen molar-refractivity contribution in [1.29, 1.82) is 5.26 Å². The summed E-state index contributed by atoms with van der Waals surface area (Å²) in [6.45, 7) is 0.699. The average Bonchev–Trinajstić information content (AvgIpc) is 2.94. The first-order valence-corrected chi connectivity index (χ1v) is 7.35. The Bertz CT molecular complexity index is 757. The zero-order chi connectivity index (χ0) is 15.7. The molecule has 0 radical (unpaired) electrons. The van der Waals surface area contributed by atoms with Crippen LogP contribution in [0.2, 0.25) is 0 Å². The number of pyridine rings is 1. The highest BCUT2D eigenvalue weighted by Crippen LogP contribution is 2.27. The zero-order valence-electron chi connectivity index (χ0n) is 11.7. The second-order valence-corrected chi connectivity index (χ2v) is 5.75. The van der Waals surface area contributed by atoms with Crippen molar-refractivity contribution in [2.24, 2.45) is 0 Å². The molecule has 0 fully saturated rings. The highest BCUT2D eigenvalue weighted by atomic mass is 79.9. The first kappa shape index (κ1) is 14.5. The van der Waals surface area contributed by atoms with Gasteiger partial charge in [-0.3, -0.25) is 14.7 Å². The number of amides is 1. The predicted octanol–water partition coefficient (Wildman–Crippen LogP) is 1.80. The molecule has 1 amide bonds. The second kappa shape index (κ2) is 5.75. The molecule has 22 heavy (non-hydrogen) atoms. The number of anilines is 1. The van der Waals surface area contributed by atoms with Crippen LogP contribution in [0.1, 0.15) is 5.56 Å². The number of hydrogen-bond acceptors (Lipinski definition) is 5. The number of hydrazine groups is 1. The maximum Gasteiger partial charge on any atom is 0.259 e. The standard InChI is InChI=1S/C15H12BrN5O/c1-20(14-3-2-10(7-17)8-18-14)15(22)11-4-5-21-13(6-11)12(16)9-19-21/h2-6,8,19H,9H2,1H3. The quantitative estimate of drug-likeness (QED) is 0.873. The summed E-state index contributed by atoms with van der Waals surface area (Å²) in [6.07, 6.45) is 6.85. The van der Waals surface area contributed by atoms with E-state index in [1.165, 1.54) is 11.1 Å². The molecular weight excluding hydrogens is 346 g/mol. The van der Waals surface area contributed by atoms with Gasteiger partial charge in [0.05, 0.1) is 11.3 Å². The van der Waals surface area contributed by atoms with Crippen molar-refractivity contribution in [2.45, 2.75) is 0 Å². The van der Waals surface area contributed by atoms with Gasteiger partial charge in [0, 0.05) is 36.0 Å². The van der Waals surface area contributed by atoms with E-state index in [0.29, 0.717) is 23.5 Å². The Morgan fingerprint density at radius 3 is 3.05 bits per heavy atom. The van der Waals surface area contributed by atoms with Crippen LogP contribution in [-0.2, 0) is 4.79 Å². The lowest BCUT2D eigenvalue weighted by Crippen LogP contribution is -2.31. The molecule has 0 unspecified atom stereocenters. The third-order valence-electron chi connectivity index (χ3n) is 3.41. The molecule has 110 valence electrons. The van der Waals surface area contributed by atoms with Gasteiger partial charge in [0.25, 0.3) is 5.91 Å². The number of carbonyl (C=O) groups excluding carboxylic acids is 1. The van der Waals surface area contributed by atoms with E-state index >= 15 is 0 Å². The Kier molecular flexibility index (Phi) is 3.79. The first-order valence-electron chi connectivity index (χ1n) is 6.55. The lowest BCUT2D eigenvalue weighted by molar-refractivity contribution is -0.114. The van der Waals surface area contributed by atoms with Crippen LogP contribution < -0.4 is 10.3 Å². The lowest BCUT2D eigenvalue weighted by atomic mass is 10.1. The maximum atomic E-state index is 12.6. The van der Waals surface area contributed by atoms with Gasteiger partial charge in [0.2, 0.25) is 0 Å². The molecule has 2 aliphatic rings. The fourth-order valence-corrected chi connectivity index (χ4v) is 2.60. The number of aromatic nitrogens is 1. The third kappa shape index (κ3) is 2.54. The number of nitriles is 1. The molecule has 7 heteroatoms. The van der Waals surface area contributed by atoms with Gasteiger partial charge in [-0.15, -0.1) is 0 Å². The van der Waals surface area contributed by atoms with E-state index in [1.807, 2.05) is 23.4 Å². The molecule has 0 saturated carbocycles. The molecule has 0 atom stereocenters. The lowest BCUT2D eigenvalue weighted by Gasteiger charge is -2.22. The van der Waals surface area contributed by atoms with Gasteiger partial charge in [-0.2, -0.15) is 5.26 Å². The highest BCUT2D eigenvalue weighted by Gasteiger charge is 2.24. The number of likely N-dealkylation sites (N-methyl/N-ethyl adjacent to an activating group) is 1. The van der Waals surface area contributed by atoms with Crippen molar-refractivity contribution in [1.82, 2.24) is 15.4 Å². The van der Waals surface area contributed by atoms with Crippen LogP contribution in [0.25, 0.3) is 0 Å². The van der Waals surface area contributed by atoms with Crippen molar-refractivity contribution >= 4 is 27.7 Å². The van der Waals surface area contributed by atoms with Gasteiger partial charge in [-0.1, -0.05) is 15.9 Å². The van der Waals surface area contributed by atoms with Gasteiger partial charge in [-0.05, 0) is 24.3 Å². The van der Waals surface area contributed by atoms with Crippen molar-refractivity contribution in [2.75, 3.05) is 18.5 Å². The minimum absolute atomic E-state index is 0.159. The molecule has 2 aliphatic heterocycles. The minimum Gasteiger partial charge on any atom is -0.296 e. The van der Waals surface area contributed by atoms with E-state index in [-0.39, 0.29) is 5.91 Å². The average molecular weight is 358 g/mol. The molecule has 6 nitrogen and oxygen atoms in total. The van der Waals surface area contributed by atoms with Crippen LogP contribution in [0.15, 0.2) is 52.4 Å². The molecule has 1 aromatic heterocycles. The van der Waals surface area contributed by atoms with Crippen molar-refractivity contribution < 1.29 is 4.79 Å². The van der Waals surface area contributed by atoms with E-state index in [4.69, 9.17) is 5.26 Å². The normalized spacial score (nSPS) is 16.2. The summed E-state index contributed by atoms with van der Waals surface area (Å²) in [6, 6.07) is 5.30. The van der Waals surface area contributed by atoms with E-state index < -0.39 is 0 Å². The molecule has 0 spiro atoms. The first-order chi connectivity index (χ1) is 10.6. The molecule has 3 rings (SSSR count). The highest BCUT2D eigenvalue weighted by molar-refractivity contribution is 9.11. The number of allylic oxidation sites excluding steroid dienone is 1. The number of fused-ring (bicyclic) bond motifs is 1. The number of nitrogens with one attached hydrogen (secondary N) is 1. The van der Waals surface area contributed by atoms with Crippen LogP contribution in [0, 0.1) is 11.3 Å². The summed E-state index contributed by atoms with van der Waals surface area (Å²) in [5.74, 6) is 0.339. The van der Waals surface area contributed by atoms with Gasteiger partial charge in [-0.25, -0.2) is 10.4 Å². The molecular formula is C15H12BrN5O. The minimum atomic E-state index is -0.159. The monoisotopic (exact) mass is 357 g/mol. The van der Waals surface area contributed by atoms with Crippen LogP contribution >= 0.6 is 15.9 Å². The fourth-order valence-electron chi connectivity index (χ4n) is 2.17. The van der Waals surface area contributed by atoms with Crippen LogP contribution in [-0.4, -0.2) is 29.5 Å². The summed E-state index contributed by atoms with van der Waals surface area (Å²) in [5, 5.41) is 10.6. The summed E-state index contributed by atoms with van der Waals surface area (Å²) in [4.78, 5) is 18.2. The van der Waals surface area contributed by atoms with Crippen molar-refractivity contribution in [3.8, 4) is 6.07 Å². The Morgan fingerprint density at radius 1 is 1.55 bits per heavy atom. The van der Waals surface area contributed by atoms with Crippen LogP contribution in [0.3, 0.4) is 0 Å². The Balaban J connectivity index is 1.84. The summed E-state index contributed by atoms with van der Waals surface area (Å²) in [5.41, 5.74) is 5.11. The summed E-state index contributed by atoms with van der Waals surface area (Å²) in [7, 11) is 1.66. The largest absolute Gasteiger partial charge is 0.296 e. The molecule has 3 heterocycles. The molecule has 1 aromatic rings. The van der Waals surface area contributed by atoms with Gasteiger partial charge < -0.3 is 0 Å². The summed E-state index contributed by atoms with van der Waals surface area (Å²) >= 11 is 3.48. The fraction of sp³-hybridized carbons (Fsp3) is 0.133. The molecule has 1 N–H and O–H groups in total. The van der Waals surface area contributed by atoms with E-state index in [9.17, 15) is 4.79 Å². The third-order valence-corrected chi connectivity index (χ3v) is 4.10. The number of hydrogen-bond donors (Lipinski definition) is 1. The molecule has 0 bridgehead atoms. The topological polar surface area (TPSA) is 72.3 Å². The SMILES string of the molecule is CN(C(=O)C1=CC2=C(Br)CNN2C=C1)c1ccc(C#N)cn1. The Morgan fingerprint density at radius 2 is 2.36 bits per heavy atom. The smallest absolute Gasteiger partial charge is 0.259 e. The van der Waals surface area contributed by atoms with Crippen molar-refractivity contribution in [3.05, 3.63) is 58.0 Å². The molecule has 0 aliphatic carbocycles. The number of carbonyl (C=O) groups is 1. The van der Waals surface area contributed by atoms with E-state index in [1.54, 1.807) is 25.3 Å². The number of halogens is 1. The number of rotatable bonds is 2. The van der Waals surface area contributed by atoms with Gasteiger partial charge in [0.15, 0.2) is 0 Å². The van der Waals surface area contributed by atoms with Gasteiger partial charge in [0.1, 0.15) is 11.9 Å². The Hall–Kier alpha value is -2.43. The second-order valence-electron chi connectivity index (χ2n) is 4.79. The van der Waals surface area contributed by atoms with Crippen LogP contribution in [0.5, 0.6) is 0 Å². The molecule has 0 saturated heterocycles. The maximum absolute atomic E-state index is 12.6. The predicted molar refractivity (Wildman–Crippen MR) is 85.4 cm³/mol. The van der Waals surface area contributed by atoms with Gasteiger partial charge >= 0.3 is 0 Å². The van der Waals surface area contributed by atoms with E-state index in [2.05, 4.69) is 26.3 Å².